The number of rotatable bonds is 2. The van der Waals surface area contributed by atoms with Crippen LogP contribution in [-0.4, -0.2) is 31.3 Å². The monoisotopic (exact) mass is 248 g/mol. The SMILES string of the molecule is COC(=O)CC#Cc1cc(C(=O)OC)ccc1O. The van der Waals surface area contributed by atoms with Crippen LogP contribution < -0.4 is 0 Å². The van der Waals surface area contributed by atoms with E-state index >= 15 is 0 Å². The largest absolute Gasteiger partial charge is 0.507 e. The van der Waals surface area contributed by atoms with E-state index in [-0.39, 0.29) is 23.3 Å². The van der Waals surface area contributed by atoms with Crippen LogP contribution in [0.2, 0.25) is 0 Å². The normalized spacial score (nSPS) is 9.00. The van der Waals surface area contributed by atoms with E-state index in [1.807, 2.05) is 0 Å². The molecule has 0 radical (unpaired) electrons. The third kappa shape index (κ3) is 3.52. The summed E-state index contributed by atoms with van der Waals surface area (Å²) in [5, 5.41) is 9.54. The van der Waals surface area contributed by atoms with Crippen LogP contribution in [0, 0.1) is 11.8 Å². The molecule has 1 N–H and O–H groups in total. The Morgan fingerprint density at radius 1 is 1.28 bits per heavy atom. The third-order valence-corrected chi connectivity index (χ3v) is 2.10. The number of methoxy groups -OCH3 is 2. The van der Waals surface area contributed by atoms with Crippen molar-refractivity contribution >= 4 is 11.9 Å². The van der Waals surface area contributed by atoms with E-state index in [4.69, 9.17) is 0 Å². The average Bonchev–Trinajstić information content (AvgIpc) is 2.39. The average molecular weight is 248 g/mol. The molecule has 0 unspecified atom stereocenters. The van der Waals surface area contributed by atoms with E-state index in [2.05, 4.69) is 21.3 Å². The lowest BCUT2D eigenvalue weighted by Crippen LogP contribution is -2.01. The van der Waals surface area contributed by atoms with Gasteiger partial charge in [-0.3, -0.25) is 4.79 Å². The van der Waals surface area contributed by atoms with E-state index in [1.54, 1.807) is 0 Å². The second-order valence-corrected chi connectivity index (χ2v) is 3.28. The van der Waals surface area contributed by atoms with Gasteiger partial charge in [-0.05, 0) is 18.2 Å². The van der Waals surface area contributed by atoms with Gasteiger partial charge < -0.3 is 14.6 Å². The Morgan fingerprint density at radius 2 is 2.00 bits per heavy atom. The highest BCUT2D eigenvalue weighted by atomic mass is 16.5. The van der Waals surface area contributed by atoms with Gasteiger partial charge in [0, 0.05) is 0 Å². The summed E-state index contributed by atoms with van der Waals surface area (Å²) in [6.45, 7) is 0. The fraction of sp³-hybridized carbons (Fsp3) is 0.231. The van der Waals surface area contributed by atoms with Gasteiger partial charge in [-0.25, -0.2) is 4.79 Å². The topological polar surface area (TPSA) is 72.8 Å². The number of benzene rings is 1. The van der Waals surface area contributed by atoms with E-state index < -0.39 is 11.9 Å². The van der Waals surface area contributed by atoms with Gasteiger partial charge in [0.25, 0.3) is 0 Å². The van der Waals surface area contributed by atoms with Crippen molar-refractivity contribution in [1.82, 2.24) is 0 Å². The Hall–Kier alpha value is -2.48. The van der Waals surface area contributed by atoms with Crippen molar-refractivity contribution in [2.75, 3.05) is 14.2 Å². The van der Waals surface area contributed by atoms with Crippen LogP contribution in [-0.2, 0) is 14.3 Å². The summed E-state index contributed by atoms with van der Waals surface area (Å²) >= 11 is 0. The first-order valence-corrected chi connectivity index (χ1v) is 5.05. The molecule has 0 bridgehead atoms. The van der Waals surface area contributed by atoms with Gasteiger partial charge >= 0.3 is 11.9 Å². The summed E-state index contributed by atoms with van der Waals surface area (Å²) in [4.78, 5) is 22.1. The Balaban J connectivity index is 2.94. The lowest BCUT2D eigenvalue weighted by Gasteiger charge is -2.01. The molecule has 0 heterocycles. The Labute approximate surface area is 104 Å². The van der Waals surface area contributed by atoms with Gasteiger partial charge in [0.15, 0.2) is 0 Å². The Kier molecular flexibility index (Phi) is 4.76. The zero-order valence-electron chi connectivity index (χ0n) is 10.0. The molecule has 0 aromatic heterocycles. The number of phenols is 1. The summed E-state index contributed by atoms with van der Waals surface area (Å²) in [5.74, 6) is 4.07. The second-order valence-electron chi connectivity index (χ2n) is 3.28. The number of carbonyl (C=O) groups is 2. The van der Waals surface area contributed by atoms with Gasteiger partial charge in [-0.1, -0.05) is 11.8 Å². The third-order valence-electron chi connectivity index (χ3n) is 2.10. The van der Waals surface area contributed by atoms with Crippen molar-refractivity contribution in [1.29, 1.82) is 0 Å². The van der Waals surface area contributed by atoms with Crippen LogP contribution in [0.3, 0.4) is 0 Å². The molecule has 0 saturated heterocycles. The van der Waals surface area contributed by atoms with E-state index in [9.17, 15) is 14.7 Å². The van der Waals surface area contributed by atoms with Crippen molar-refractivity contribution in [3.63, 3.8) is 0 Å². The molecular formula is C13H12O5. The van der Waals surface area contributed by atoms with Crippen LogP contribution in [0.15, 0.2) is 18.2 Å². The van der Waals surface area contributed by atoms with Crippen molar-refractivity contribution in [2.45, 2.75) is 6.42 Å². The lowest BCUT2D eigenvalue weighted by atomic mass is 10.1. The van der Waals surface area contributed by atoms with Crippen LogP contribution in [0.25, 0.3) is 0 Å². The van der Waals surface area contributed by atoms with Crippen molar-refractivity contribution in [2.24, 2.45) is 0 Å². The van der Waals surface area contributed by atoms with Crippen LogP contribution >= 0.6 is 0 Å². The highest BCUT2D eigenvalue weighted by molar-refractivity contribution is 5.90. The minimum atomic E-state index is -0.522. The van der Waals surface area contributed by atoms with Gasteiger partial charge in [0.1, 0.15) is 12.2 Å². The molecule has 94 valence electrons. The summed E-state index contributed by atoms with van der Waals surface area (Å²) in [5.41, 5.74) is 0.527. The molecule has 1 aromatic rings. The molecule has 0 amide bonds. The highest BCUT2D eigenvalue weighted by Crippen LogP contribution is 2.17. The number of phenolic OH excluding ortho intramolecular Hbond substituents is 1. The van der Waals surface area contributed by atoms with E-state index in [1.165, 1.54) is 32.4 Å². The lowest BCUT2D eigenvalue weighted by molar-refractivity contribution is -0.139. The minimum absolute atomic E-state index is 0.0694. The fourth-order valence-corrected chi connectivity index (χ4v) is 1.16. The van der Waals surface area contributed by atoms with Crippen LogP contribution in [0.5, 0.6) is 5.75 Å². The Bertz CT molecular complexity index is 522. The molecule has 1 aromatic carbocycles. The molecule has 5 heteroatoms. The molecule has 0 aliphatic heterocycles. The van der Waals surface area contributed by atoms with Crippen molar-refractivity contribution in [3.8, 4) is 17.6 Å². The van der Waals surface area contributed by atoms with E-state index in [0.29, 0.717) is 0 Å². The summed E-state index contributed by atoms with van der Waals surface area (Å²) < 4.78 is 8.97. The first-order chi connectivity index (χ1) is 8.58. The summed E-state index contributed by atoms with van der Waals surface area (Å²) in [6.07, 6.45) is -0.0849. The van der Waals surface area contributed by atoms with Crippen molar-refractivity contribution < 1.29 is 24.2 Å². The number of hydrogen-bond donors (Lipinski definition) is 1. The number of aromatic hydroxyl groups is 1. The van der Waals surface area contributed by atoms with Crippen molar-refractivity contribution in [3.05, 3.63) is 29.3 Å². The Morgan fingerprint density at radius 3 is 2.61 bits per heavy atom. The smallest absolute Gasteiger partial charge is 0.337 e. The molecule has 0 fully saturated rings. The zero-order valence-corrected chi connectivity index (χ0v) is 10.0. The molecule has 0 saturated carbocycles. The number of esters is 2. The maximum absolute atomic E-state index is 11.3. The van der Waals surface area contributed by atoms with Gasteiger partial charge in [-0.2, -0.15) is 0 Å². The van der Waals surface area contributed by atoms with Crippen LogP contribution in [0.1, 0.15) is 22.3 Å². The predicted molar refractivity (Wildman–Crippen MR) is 63.0 cm³/mol. The molecule has 0 atom stereocenters. The van der Waals surface area contributed by atoms with E-state index in [0.717, 1.165) is 0 Å². The van der Waals surface area contributed by atoms with Gasteiger partial charge in [0.05, 0.1) is 25.3 Å². The maximum Gasteiger partial charge on any atom is 0.337 e. The molecule has 0 spiro atoms. The first kappa shape index (κ1) is 13.6. The zero-order chi connectivity index (χ0) is 13.5. The highest BCUT2D eigenvalue weighted by Gasteiger charge is 2.07. The second kappa shape index (κ2) is 6.30. The molecule has 0 aliphatic carbocycles. The van der Waals surface area contributed by atoms with Gasteiger partial charge in [-0.15, -0.1) is 0 Å². The number of hydrogen-bond acceptors (Lipinski definition) is 5. The molecule has 1 rings (SSSR count). The van der Waals surface area contributed by atoms with Crippen LogP contribution in [0.4, 0.5) is 0 Å². The molecular weight excluding hydrogens is 236 g/mol. The van der Waals surface area contributed by atoms with Gasteiger partial charge in [0.2, 0.25) is 0 Å². The molecule has 0 aliphatic rings. The maximum atomic E-state index is 11.3. The fourth-order valence-electron chi connectivity index (χ4n) is 1.16. The standard InChI is InChI=1S/C13H12O5/c1-17-12(15)5-3-4-9-8-10(13(16)18-2)6-7-11(9)14/h6-8,14H,5H2,1-2H3. The molecule has 18 heavy (non-hydrogen) atoms. The number of carbonyl (C=O) groups excluding carboxylic acids is 2. The minimum Gasteiger partial charge on any atom is -0.507 e. The molecule has 5 nitrogen and oxygen atoms in total. The number of ether oxygens (including phenoxy) is 2. The first-order valence-electron chi connectivity index (χ1n) is 5.05. The predicted octanol–water partition coefficient (Wildman–Crippen LogP) is 1.09. The summed E-state index contributed by atoms with van der Waals surface area (Å²) in [6, 6.07) is 4.16. The quantitative estimate of drug-likeness (QED) is 0.626. The summed E-state index contributed by atoms with van der Waals surface area (Å²) in [7, 11) is 2.52.